The Morgan fingerprint density at radius 1 is 1.15 bits per heavy atom. The van der Waals surface area contributed by atoms with E-state index in [0.29, 0.717) is 17.8 Å². The Labute approximate surface area is 118 Å². The second kappa shape index (κ2) is 5.81. The van der Waals surface area contributed by atoms with Gasteiger partial charge in [-0.2, -0.15) is 0 Å². The molecule has 0 aliphatic carbocycles. The summed E-state index contributed by atoms with van der Waals surface area (Å²) in [5.41, 5.74) is 12.7. The SMILES string of the molecule is CC(=O)N1CCCN(c2ccc(N)c(C(N)=O)c2)CC1. The molecule has 2 rings (SSSR count). The van der Waals surface area contributed by atoms with Crippen LogP contribution < -0.4 is 16.4 Å². The summed E-state index contributed by atoms with van der Waals surface area (Å²) in [6, 6.07) is 5.30. The number of hydrogen-bond donors (Lipinski definition) is 2. The topological polar surface area (TPSA) is 92.7 Å². The monoisotopic (exact) mass is 276 g/mol. The Morgan fingerprint density at radius 3 is 2.55 bits per heavy atom. The van der Waals surface area contributed by atoms with Crippen molar-refractivity contribution in [2.24, 2.45) is 5.73 Å². The number of rotatable bonds is 2. The molecule has 0 spiro atoms. The molecular formula is C14H20N4O2. The minimum atomic E-state index is -0.524. The van der Waals surface area contributed by atoms with Gasteiger partial charge in [0.05, 0.1) is 5.56 Å². The molecule has 6 heteroatoms. The number of nitrogen functional groups attached to an aromatic ring is 1. The highest BCUT2D eigenvalue weighted by Crippen LogP contribution is 2.22. The van der Waals surface area contributed by atoms with Gasteiger partial charge in [-0.1, -0.05) is 0 Å². The fourth-order valence-corrected chi connectivity index (χ4v) is 2.44. The van der Waals surface area contributed by atoms with Gasteiger partial charge in [0.2, 0.25) is 5.91 Å². The van der Waals surface area contributed by atoms with Gasteiger partial charge in [-0.15, -0.1) is 0 Å². The molecule has 0 bridgehead atoms. The van der Waals surface area contributed by atoms with Crippen LogP contribution in [0.1, 0.15) is 23.7 Å². The summed E-state index contributed by atoms with van der Waals surface area (Å²) in [6.07, 6.45) is 0.899. The largest absolute Gasteiger partial charge is 0.398 e. The van der Waals surface area contributed by atoms with Gasteiger partial charge in [-0.05, 0) is 24.6 Å². The number of carbonyl (C=O) groups is 2. The first-order valence-electron chi connectivity index (χ1n) is 6.69. The zero-order valence-corrected chi connectivity index (χ0v) is 11.6. The van der Waals surface area contributed by atoms with E-state index in [-0.39, 0.29) is 5.91 Å². The lowest BCUT2D eigenvalue weighted by Gasteiger charge is -2.24. The Balaban J connectivity index is 2.17. The number of primary amides is 1. The van der Waals surface area contributed by atoms with Crippen molar-refractivity contribution in [2.75, 3.05) is 36.8 Å². The van der Waals surface area contributed by atoms with Crippen LogP contribution in [0, 0.1) is 0 Å². The standard InChI is InChI=1S/C14H20N4O2/c1-10(19)17-5-2-6-18(8-7-17)11-3-4-13(15)12(9-11)14(16)20/h3-4,9H,2,5-8,15H2,1H3,(H2,16,20). The van der Waals surface area contributed by atoms with Crippen LogP contribution in [0.3, 0.4) is 0 Å². The zero-order valence-electron chi connectivity index (χ0n) is 11.6. The molecule has 4 N–H and O–H groups in total. The van der Waals surface area contributed by atoms with Crippen LogP contribution in [0.5, 0.6) is 0 Å². The van der Waals surface area contributed by atoms with Crippen LogP contribution in [0.2, 0.25) is 0 Å². The Hall–Kier alpha value is -2.24. The molecule has 1 heterocycles. The van der Waals surface area contributed by atoms with Crippen molar-refractivity contribution >= 4 is 23.2 Å². The third-order valence-electron chi connectivity index (χ3n) is 3.61. The molecule has 1 aliphatic heterocycles. The van der Waals surface area contributed by atoms with E-state index in [1.807, 2.05) is 11.0 Å². The summed E-state index contributed by atoms with van der Waals surface area (Å²) in [6.45, 7) is 4.62. The number of carbonyl (C=O) groups excluding carboxylic acids is 2. The van der Waals surface area contributed by atoms with Gasteiger partial charge in [0.1, 0.15) is 0 Å². The lowest BCUT2D eigenvalue weighted by molar-refractivity contribution is -0.128. The summed E-state index contributed by atoms with van der Waals surface area (Å²) in [4.78, 5) is 26.7. The van der Waals surface area contributed by atoms with Gasteiger partial charge in [0.15, 0.2) is 0 Å². The van der Waals surface area contributed by atoms with Gasteiger partial charge >= 0.3 is 0 Å². The lowest BCUT2D eigenvalue weighted by atomic mass is 10.1. The first kappa shape index (κ1) is 14.2. The second-order valence-corrected chi connectivity index (χ2v) is 4.98. The number of benzene rings is 1. The van der Waals surface area contributed by atoms with Crippen molar-refractivity contribution in [1.29, 1.82) is 0 Å². The molecule has 0 aromatic heterocycles. The van der Waals surface area contributed by atoms with E-state index in [1.54, 1.807) is 19.1 Å². The van der Waals surface area contributed by atoms with Crippen LogP contribution in [0.4, 0.5) is 11.4 Å². The third kappa shape index (κ3) is 3.01. The molecule has 2 amide bonds. The summed E-state index contributed by atoms with van der Waals surface area (Å²) < 4.78 is 0. The lowest BCUT2D eigenvalue weighted by Crippen LogP contribution is -2.33. The normalized spacial score (nSPS) is 15.8. The highest BCUT2D eigenvalue weighted by molar-refractivity contribution is 5.99. The van der Waals surface area contributed by atoms with Crippen molar-refractivity contribution < 1.29 is 9.59 Å². The van der Waals surface area contributed by atoms with Crippen molar-refractivity contribution in [3.8, 4) is 0 Å². The molecule has 0 saturated carbocycles. The second-order valence-electron chi connectivity index (χ2n) is 4.98. The molecule has 0 radical (unpaired) electrons. The van der Waals surface area contributed by atoms with Crippen LogP contribution in [-0.2, 0) is 4.79 Å². The molecule has 0 unspecified atom stereocenters. The number of hydrogen-bond acceptors (Lipinski definition) is 4. The molecule has 1 fully saturated rings. The van der Waals surface area contributed by atoms with Crippen LogP contribution in [0.15, 0.2) is 18.2 Å². The van der Waals surface area contributed by atoms with Crippen LogP contribution in [-0.4, -0.2) is 42.9 Å². The first-order valence-corrected chi connectivity index (χ1v) is 6.69. The summed E-state index contributed by atoms with van der Waals surface area (Å²) in [7, 11) is 0. The predicted octanol–water partition coefficient (Wildman–Crippen LogP) is 0.426. The van der Waals surface area contributed by atoms with Gasteiger partial charge in [0.25, 0.3) is 5.91 Å². The fraction of sp³-hybridized carbons (Fsp3) is 0.429. The molecule has 1 aliphatic rings. The smallest absolute Gasteiger partial charge is 0.250 e. The van der Waals surface area contributed by atoms with E-state index in [2.05, 4.69) is 4.90 Å². The molecule has 20 heavy (non-hydrogen) atoms. The van der Waals surface area contributed by atoms with Gasteiger partial charge < -0.3 is 21.3 Å². The van der Waals surface area contributed by atoms with Crippen LogP contribution in [0.25, 0.3) is 0 Å². The van der Waals surface area contributed by atoms with Crippen molar-refractivity contribution in [2.45, 2.75) is 13.3 Å². The molecule has 1 aromatic rings. The summed E-state index contributed by atoms with van der Waals surface area (Å²) >= 11 is 0. The zero-order chi connectivity index (χ0) is 14.7. The maximum atomic E-state index is 11.4. The van der Waals surface area contributed by atoms with Gasteiger partial charge in [-0.25, -0.2) is 0 Å². The third-order valence-corrected chi connectivity index (χ3v) is 3.61. The molecule has 108 valence electrons. The Bertz CT molecular complexity index is 530. The number of nitrogens with zero attached hydrogens (tertiary/aromatic N) is 2. The van der Waals surface area contributed by atoms with E-state index in [4.69, 9.17) is 11.5 Å². The fourth-order valence-electron chi connectivity index (χ4n) is 2.44. The minimum absolute atomic E-state index is 0.0991. The van der Waals surface area contributed by atoms with E-state index in [0.717, 1.165) is 31.7 Å². The van der Waals surface area contributed by atoms with E-state index in [9.17, 15) is 9.59 Å². The Kier molecular flexibility index (Phi) is 4.12. The molecule has 1 saturated heterocycles. The van der Waals surface area contributed by atoms with E-state index in [1.165, 1.54) is 0 Å². The van der Waals surface area contributed by atoms with Crippen molar-refractivity contribution in [1.82, 2.24) is 4.90 Å². The Morgan fingerprint density at radius 2 is 1.90 bits per heavy atom. The van der Waals surface area contributed by atoms with Gasteiger partial charge in [0, 0.05) is 44.5 Å². The number of amides is 2. The molecule has 0 atom stereocenters. The molecular weight excluding hydrogens is 256 g/mol. The first-order chi connectivity index (χ1) is 9.49. The van der Waals surface area contributed by atoms with Crippen molar-refractivity contribution in [3.63, 3.8) is 0 Å². The highest BCUT2D eigenvalue weighted by atomic mass is 16.2. The quantitative estimate of drug-likeness (QED) is 0.766. The molecule has 6 nitrogen and oxygen atoms in total. The number of nitrogens with two attached hydrogens (primary N) is 2. The van der Waals surface area contributed by atoms with Gasteiger partial charge in [-0.3, -0.25) is 9.59 Å². The van der Waals surface area contributed by atoms with E-state index >= 15 is 0 Å². The number of anilines is 2. The molecule has 1 aromatic carbocycles. The average molecular weight is 276 g/mol. The summed E-state index contributed by atoms with van der Waals surface area (Å²) in [5.74, 6) is -0.425. The minimum Gasteiger partial charge on any atom is -0.398 e. The average Bonchev–Trinajstić information content (AvgIpc) is 2.64. The van der Waals surface area contributed by atoms with Crippen LogP contribution >= 0.6 is 0 Å². The van der Waals surface area contributed by atoms with Crippen molar-refractivity contribution in [3.05, 3.63) is 23.8 Å². The predicted molar refractivity (Wildman–Crippen MR) is 78.5 cm³/mol. The maximum absolute atomic E-state index is 11.4. The maximum Gasteiger partial charge on any atom is 0.250 e. The van der Waals surface area contributed by atoms with E-state index < -0.39 is 5.91 Å². The highest BCUT2D eigenvalue weighted by Gasteiger charge is 2.18. The summed E-state index contributed by atoms with van der Waals surface area (Å²) in [5, 5.41) is 0.